The van der Waals surface area contributed by atoms with Crippen molar-refractivity contribution in [3.63, 3.8) is 0 Å². The van der Waals surface area contributed by atoms with Crippen LogP contribution in [0.5, 0.6) is 5.75 Å². The predicted molar refractivity (Wildman–Crippen MR) is 135 cm³/mol. The fourth-order valence-electron chi connectivity index (χ4n) is 3.95. The Bertz CT molecular complexity index is 1380. The first-order chi connectivity index (χ1) is 16.6. The van der Waals surface area contributed by atoms with Gasteiger partial charge in [-0.05, 0) is 60.9 Å². The molecule has 0 spiro atoms. The van der Waals surface area contributed by atoms with E-state index < -0.39 is 21.7 Å². The lowest BCUT2D eigenvalue weighted by molar-refractivity contribution is 0.0854. The number of nitrogens with zero attached hydrogens (tertiary/aromatic N) is 1. The number of rotatable bonds is 7. The maximum Gasteiger partial charge on any atom is 0.268 e. The quantitative estimate of drug-likeness (QED) is 0.420. The highest BCUT2D eigenvalue weighted by Gasteiger charge is 2.29. The van der Waals surface area contributed by atoms with Crippen LogP contribution in [-0.4, -0.2) is 31.4 Å². The van der Waals surface area contributed by atoms with Gasteiger partial charge >= 0.3 is 0 Å². The summed E-state index contributed by atoms with van der Waals surface area (Å²) in [6.07, 6.45) is 2.48. The second-order valence-electron chi connectivity index (χ2n) is 8.21. The molecule has 184 valence electrons. The molecule has 0 fully saturated rings. The predicted octanol–water partition coefficient (Wildman–Crippen LogP) is 5.67. The van der Waals surface area contributed by atoms with Gasteiger partial charge in [-0.3, -0.25) is 4.79 Å². The molecule has 4 rings (SSSR count). The monoisotopic (exact) mass is 536 g/mol. The van der Waals surface area contributed by atoms with Crippen molar-refractivity contribution in [2.24, 2.45) is 0 Å². The van der Waals surface area contributed by atoms with Gasteiger partial charge in [0.1, 0.15) is 18.2 Å². The van der Waals surface area contributed by atoms with Gasteiger partial charge in [0.05, 0.1) is 12.8 Å². The first-order valence-electron chi connectivity index (χ1n) is 10.9. The Morgan fingerprint density at radius 2 is 1.83 bits per heavy atom. The Balaban J connectivity index is 1.65. The van der Waals surface area contributed by atoms with E-state index in [9.17, 15) is 17.6 Å². The number of carbonyl (C=O) groups is 1. The molecule has 0 radical (unpaired) electrons. The number of fused-ring (bicyclic) bond motifs is 1. The molecule has 1 heterocycles. The zero-order chi connectivity index (χ0) is 25.2. The summed E-state index contributed by atoms with van der Waals surface area (Å²) in [4.78, 5) is 13.5. The Morgan fingerprint density at radius 1 is 1.09 bits per heavy atom. The molecule has 35 heavy (non-hydrogen) atoms. The maximum absolute atomic E-state index is 14.2. The van der Waals surface area contributed by atoms with Crippen molar-refractivity contribution in [3.05, 3.63) is 92.7 Å². The van der Waals surface area contributed by atoms with E-state index in [2.05, 4.69) is 5.32 Å². The normalized spacial score (nSPS) is 13.0. The van der Waals surface area contributed by atoms with Crippen LogP contribution in [0.1, 0.15) is 33.5 Å². The fourth-order valence-corrected chi connectivity index (χ4v) is 5.07. The molecule has 0 bridgehead atoms. The molecule has 0 unspecified atom stereocenters. The third kappa shape index (κ3) is 5.89. The number of carbonyl (C=O) groups excluding carboxylic acids is 1. The largest absolute Gasteiger partial charge is 0.488 e. The van der Waals surface area contributed by atoms with Crippen LogP contribution in [0.4, 0.5) is 10.1 Å². The highest BCUT2D eigenvalue weighted by atomic mass is 35.5. The molecule has 0 saturated heterocycles. The number of anilines is 1. The van der Waals surface area contributed by atoms with E-state index >= 15 is 0 Å². The highest BCUT2D eigenvalue weighted by Crippen LogP contribution is 2.30. The highest BCUT2D eigenvalue weighted by molar-refractivity contribution is 7.88. The molecule has 10 heteroatoms. The number of amides is 1. The average molecular weight is 537 g/mol. The van der Waals surface area contributed by atoms with Crippen LogP contribution >= 0.6 is 23.2 Å². The van der Waals surface area contributed by atoms with Crippen molar-refractivity contribution >= 4 is 44.8 Å². The number of hydrogen-bond donors (Lipinski definition) is 1. The van der Waals surface area contributed by atoms with Crippen LogP contribution in [0.3, 0.4) is 0 Å². The van der Waals surface area contributed by atoms with Crippen LogP contribution in [-0.2, 0) is 29.6 Å². The zero-order valence-electron chi connectivity index (χ0n) is 18.9. The van der Waals surface area contributed by atoms with Gasteiger partial charge in [0.15, 0.2) is 0 Å². The van der Waals surface area contributed by atoms with Gasteiger partial charge in [0.2, 0.25) is 10.0 Å². The summed E-state index contributed by atoms with van der Waals surface area (Å²) >= 11 is 12.0. The summed E-state index contributed by atoms with van der Waals surface area (Å²) in [6.45, 7) is 0.369. The van der Waals surface area contributed by atoms with E-state index in [0.717, 1.165) is 34.8 Å². The molecule has 1 aliphatic heterocycles. The number of hydrogen-bond acceptors (Lipinski definition) is 5. The summed E-state index contributed by atoms with van der Waals surface area (Å²) in [5.74, 6) is -0.881. The lowest BCUT2D eigenvalue weighted by atomic mass is 9.97. The second kappa shape index (κ2) is 10.4. The number of sulfonamides is 1. The van der Waals surface area contributed by atoms with Gasteiger partial charge in [-0.15, -0.1) is 0 Å². The van der Waals surface area contributed by atoms with Crippen molar-refractivity contribution in [2.75, 3.05) is 18.1 Å². The molecule has 1 N–H and O–H groups in total. The SMILES string of the molecule is CS(=O)(=O)N(Cc1cc(Cl)ccc1OCc1ccc(Cl)cc1F)C(=O)c1cccc2c1CCCN2. The van der Waals surface area contributed by atoms with E-state index in [0.29, 0.717) is 22.6 Å². The molecule has 3 aromatic rings. The standard InChI is InChI=1S/C25H23Cl2FN2O4S/c1-35(32,33)30(25(31)21-4-2-6-23-20(21)5-3-11-29-23)14-17-12-18(26)9-10-24(17)34-15-16-7-8-19(27)13-22(16)28/h2,4,6-10,12-13,29H,3,5,11,14-15H2,1H3. The topological polar surface area (TPSA) is 75.7 Å². The lowest BCUT2D eigenvalue weighted by Crippen LogP contribution is -2.36. The van der Waals surface area contributed by atoms with Gasteiger partial charge < -0.3 is 10.1 Å². The van der Waals surface area contributed by atoms with Crippen molar-refractivity contribution in [2.45, 2.75) is 26.0 Å². The van der Waals surface area contributed by atoms with Crippen molar-refractivity contribution in [3.8, 4) is 5.75 Å². The number of benzene rings is 3. The van der Waals surface area contributed by atoms with Gasteiger partial charge in [0.25, 0.3) is 5.91 Å². The zero-order valence-corrected chi connectivity index (χ0v) is 21.2. The minimum absolute atomic E-state index is 0.123. The van der Waals surface area contributed by atoms with E-state index in [1.807, 2.05) is 6.07 Å². The van der Waals surface area contributed by atoms with Crippen LogP contribution < -0.4 is 10.1 Å². The first-order valence-corrected chi connectivity index (χ1v) is 13.5. The molecule has 0 aromatic heterocycles. The number of ether oxygens (including phenoxy) is 1. The molecule has 0 aliphatic carbocycles. The summed E-state index contributed by atoms with van der Waals surface area (Å²) in [7, 11) is -3.96. The Morgan fingerprint density at radius 3 is 2.57 bits per heavy atom. The number of nitrogens with one attached hydrogen (secondary N) is 1. The first kappa shape index (κ1) is 25.3. The summed E-state index contributed by atoms with van der Waals surface area (Å²) in [6, 6.07) is 14.1. The summed E-state index contributed by atoms with van der Waals surface area (Å²) in [5, 5.41) is 3.85. The minimum atomic E-state index is -3.96. The Labute approximate surface area is 213 Å². The number of halogens is 3. The van der Waals surface area contributed by atoms with E-state index in [4.69, 9.17) is 27.9 Å². The van der Waals surface area contributed by atoms with Crippen molar-refractivity contribution < 1.29 is 22.3 Å². The molecule has 3 aromatic carbocycles. The molecule has 1 amide bonds. The summed E-state index contributed by atoms with van der Waals surface area (Å²) in [5.41, 5.74) is 2.58. The molecule has 0 saturated carbocycles. The fraction of sp³-hybridized carbons (Fsp3) is 0.240. The average Bonchev–Trinajstić information content (AvgIpc) is 2.81. The molecule has 0 atom stereocenters. The van der Waals surface area contributed by atoms with Crippen LogP contribution in [0.15, 0.2) is 54.6 Å². The molecule has 6 nitrogen and oxygen atoms in total. The van der Waals surface area contributed by atoms with Crippen molar-refractivity contribution in [1.29, 1.82) is 0 Å². The Kier molecular flexibility index (Phi) is 7.54. The lowest BCUT2D eigenvalue weighted by Gasteiger charge is -2.25. The molecule has 1 aliphatic rings. The van der Waals surface area contributed by atoms with Crippen LogP contribution in [0.25, 0.3) is 0 Å². The third-order valence-corrected chi connectivity index (χ3v) is 7.25. The van der Waals surface area contributed by atoms with Gasteiger partial charge in [-0.25, -0.2) is 17.1 Å². The summed E-state index contributed by atoms with van der Waals surface area (Å²) < 4.78 is 46.2. The van der Waals surface area contributed by atoms with Crippen LogP contribution in [0.2, 0.25) is 10.0 Å². The second-order valence-corrected chi connectivity index (χ2v) is 11.0. The van der Waals surface area contributed by atoms with E-state index in [1.165, 1.54) is 18.2 Å². The van der Waals surface area contributed by atoms with E-state index in [-0.39, 0.29) is 29.5 Å². The Hall–Kier alpha value is -2.81. The van der Waals surface area contributed by atoms with Crippen molar-refractivity contribution in [1.82, 2.24) is 4.31 Å². The van der Waals surface area contributed by atoms with Gasteiger partial charge in [-0.2, -0.15) is 0 Å². The van der Waals surface area contributed by atoms with E-state index in [1.54, 1.807) is 30.3 Å². The smallest absolute Gasteiger partial charge is 0.268 e. The maximum atomic E-state index is 14.2. The van der Waals surface area contributed by atoms with Crippen LogP contribution in [0, 0.1) is 5.82 Å². The third-order valence-electron chi connectivity index (χ3n) is 5.69. The minimum Gasteiger partial charge on any atom is -0.488 e. The van der Waals surface area contributed by atoms with Gasteiger partial charge in [0, 0.05) is 39.0 Å². The molecular weight excluding hydrogens is 514 g/mol. The molecular formula is C25H23Cl2FN2O4S. The van der Waals surface area contributed by atoms with Gasteiger partial charge in [-0.1, -0.05) is 35.3 Å².